The predicted octanol–water partition coefficient (Wildman–Crippen LogP) is 9.44. The van der Waals surface area contributed by atoms with Gasteiger partial charge in [0.2, 0.25) is 0 Å². The molecule has 0 aliphatic rings. The SMILES string of the molecule is c1ccc(CNCc2ccc(Nc3c(-c4ccccc4)c4oc5ccccc5c4c4ccccc34)cc2)cc1. The third-order valence-corrected chi connectivity index (χ3v) is 7.33. The van der Waals surface area contributed by atoms with E-state index in [1.165, 1.54) is 21.9 Å². The van der Waals surface area contributed by atoms with E-state index in [4.69, 9.17) is 4.42 Å². The van der Waals surface area contributed by atoms with Gasteiger partial charge in [-0.15, -0.1) is 0 Å². The molecule has 0 radical (unpaired) electrons. The summed E-state index contributed by atoms with van der Waals surface area (Å²) < 4.78 is 6.58. The van der Waals surface area contributed by atoms with Crippen molar-refractivity contribution in [2.45, 2.75) is 13.1 Å². The lowest BCUT2D eigenvalue weighted by Gasteiger charge is -2.17. The van der Waals surface area contributed by atoms with Gasteiger partial charge in [-0.1, -0.05) is 115 Å². The number of furan rings is 1. The molecule has 0 spiro atoms. The monoisotopic (exact) mass is 504 g/mol. The van der Waals surface area contributed by atoms with Gasteiger partial charge >= 0.3 is 0 Å². The Bertz CT molecular complexity index is 1890. The molecule has 0 aliphatic carbocycles. The minimum Gasteiger partial charge on any atom is -0.455 e. The molecule has 1 aromatic heterocycles. The number of hydrogen-bond donors (Lipinski definition) is 2. The molecule has 0 amide bonds. The number of benzene rings is 6. The van der Waals surface area contributed by atoms with Crippen LogP contribution in [0.25, 0.3) is 43.8 Å². The molecule has 0 bridgehead atoms. The average molecular weight is 505 g/mol. The summed E-state index contributed by atoms with van der Waals surface area (Å²) in [6, 6.07) is 46.6. The topological polar surface area (TPSA) is 37.2 Å². The van der Waals surface area contributed by atoms with Crippen LogP contribution >= 0.6 is 0 Å². The molecule has 0 unspecified atom stereocenters. The Morgan fingerprint density at radius 3 is 1.85 bits per heavy atom. The Labute approximate surface area is 227 Å². The summed E-state index contributed by atoms with van der Waals surface area (Å²) in [5.74, 6) is 0. The fraction of sp³-hybridized carbons (Fsp3) is 0.0556. The number of fused-ring (bicyclic) bond motifs is 5. The Kier molecular flexibility index (Phi) is 6.04. The van der Waals surface area contributed by atoms with Gasteiger partial charge in [0, 0.05) is 40.5 Å². The average Bonchev–Trinajstić information content (AvgIpc) is 3.39. The second kappa shape index (κ2) is 10.1. The molecule has 0 atom stereocenters. The molecule has 3 nitrogen and oxygen atoms in total. The normalized spacial score (nSPS) is 11.4. The summed E-state index contributed by atoms with van der Waals surface area (Å²) in [6.07, 6.45) is 0. The van der Waals surface area contributed by atoms with E-state index in [0.29, 0.717) is 0 Å². The lowest BCUT2D eigenvalue weighted by molar-refractivity contribution is 0.670. The van der Waals surface area contributed by atoms with Gasteiger partial charge in [0.1, 0.15) is 11.2 Å². The highest BCUT2D eigenvalue weighted by atomic mass is 16.3. The molecule has 3 heteroatoms. The predicted molar refractivity (Wildman–Crippen MR) is 163 cm³/mol. The summed E-state index contributed by atoms with van der Waals surface area (Å²) in [6.45, 7) is 1.67. The maximum Gasteiger partial charge on any atom is 0.145 e. The maximum absolute atomic E-state index is 6.58. The second-order valence-corrected chi connectivity index (χ2v) is 9.88. The van der Waals surface area contributed by atoms with Gasteiger partial charge in [0.05, 0.1) is 5.69 Å². The number of hydrogen-bond acceptors (Lipinski definition) is 3. The molecule has 0 aliphatic heterocycles. The number of anilines is 2. The summed E-state index contributed by atoms with van der Waals surface area (Å²) in [4.78, 5) is 0. The second-order valence-electron chi connectivity index (χ2n) is 9.88. The van der Waals surface area contributed by atoms with Crippen molar-refractivity contribution in [1.29, 1.82) is 0 Å². The van der Waals surface area contributed by atoms with E-state index in [0.717, 1.165) is 57.5 Å². The number of rotatable bonds is 7. The first-order valence-corrected chi connectivity index (χ1v) is 13.4. The van der Waals surface area contributed by atoms with Crippen LogP contribution in [0, 0.1) is 0 Å². The van der Waals surface area contributed by atoms with Gasteiger partial charge in [-0.05, 0) is 40.3 Å². The molecule has 39 heavy (non-hydrogen) atoms. The maximum atomic E-state index is 6.58. The van der Waals surface area contributed by atoms with Gasteiger partial charge in [-0.2, -0.15) is 0 Å². The van der Waals surface area contributed by atoms with Crippen LogP contribution in [-0.4, -0.2) is 0 Å². The van der Waals surface area contributed by atoms with Crippen molar-refractivity contribution in [3.05, 3.63) is 145 Å². The molecule has 0 saturated heterocycles. The molecule has 0 fully saturated rings. The van der Waals surface area contributed by atoms with Crippen molar-refractivity contribution in [3.63, 3.8) is 0 Å². The lowest BCUT2D eigenvalue weighted by atomic mass is 9.93. The highest BCUT2D eigenvalue weighted by Crippen LogP contribution is 2.47. The standard InChI is InChI=1S/C36H28N2O/c1-3-11-25(12-4-1)23-37-24-26-19-21-28(22-20-26)38-35-30-16-8-7-15-29(30)34-31-17-9-10-18-32(31)39-36(34)33(35)27-13-5-2-6-14-27/h1-22,37-38H,23-24H2. The zero-order valence-corrected chi connectivity index (χ0v) is 21.5. The van der Waals surface area contributed by atoms with Crippen molar-refractivity contribution in [1.82, 2.24) is 5.32 Å². The van der Waals surface area contributed by atoms with Crippen LogP contribution in [0.5, 0.6) is 0 Å². The summed E-state index contributed by atoms with van der Waals surface area (Å²) >= 11 is 0. The minimum absolute atomic E-state index is 0.818. The largest absolute Gasteiger partial charge is 0.455 e. The van der Waals surface area contributed by atoms with Crippen molar-refractivity contribution in [2.75, 3.05) is 5.32 Å². The van der Waals surface area contributed by atoms with Gasteiger partial charge in [-0.3, -0.25) is 0 Å². The molecule has 7 rings (SSSR count). The van der Waals surface area contributed by atoms with E-state index < -0.39 is 0 Å². The number of para-hydroxylation sites is 1. The van der Waals surface area contributed by atoms with Crippen molar-refractivity contribution in [2.24, 2.45) is 0 Å². The molecule has 188 valence electrons. The van der Waals surface area contributed by atoms with Gasteiger partial charge in [-0.25, -0.2) is 0 Å². The fourth-order valence-corrected chi connectivity index (χ4v) is 5.46. The molecule has 7 aromatic rings. The van der Waals surface area contributed by atoms with Gasteiger partial charge in [0.15, 0.2) is 0 Å². The minimum atomic E-state index is 0.818. The Hall–Kier alpha value is -4.86. The summed E-state index contributed by atoms with van der Waals surface area (Å²) in [5.41, 5.74) is 8.64. The quantitative estimate of drug-likeness (QED) is 0.227. The summed E-state index contributed by atoms with van der Waals surface area (Å²) in [5, 5.41) is 12.0. The Morgan fingerprint density at radius 1 is 0.513 bits per heavy atom. The van der Waals surface area contributed by atoms with Crippen molar-refractivity contribution >= 4 is 44.1 Å². The van der Waals surface area contributed by atoms with E-state index in [1.54, 1.807) is 0 Å². The van der Waals surface area contributed by atoms with Crippen LogP contribution in [-0.2, 0) is 13.1 Å². The molecule has 6 aromatic carbocycles. The van der Waals surface area contributed by atoms with Crippen LogP contribution < -0.4 is 10.6 Å². The van der Waals surface area contributed by atoms with Crippen LogP contribution in [0.15, 0.2) is 138 Å². The van der Waals surface area contributed by atoms with E-state index in [2.05, 4.69) is 132 Å². The van der Waals surface area contributed by atoms with Crippen LogP contribution in [0.4, 0.5) is 11.4 Å². The molecular formula is C36H28N2O. The zero-order chi connectivity index (χ0) is 26.0. The van der Waals surface area contributed by atoms with Crippen LogP contribution in [0.2, 0.25) is 0 Å². The molecule has 0 saturated carbocycles. The van der Waals surface area contributed by atoms with Crippen molar-refractivity contribution in [3.8, 4) is 11.1 Å². The van der Waals surface area contributed by atoms with E-state index in [9.17, 15) is 0 Å². The Balaban J connectivity index is 1.30. The Morgan fingerprint density at radius 2 is 1.10 bits per heavy atom. The number of nitrogens with one attached hydrogen (secondary N) is 2. The van der Waals surface area contributed by atoms with Crippen LogP contribution in [0.3, 0.4) is 0 Å². The third-order valence-electron chi connectivity index (χ3n) is 7.33. The first-order valence-electron chi connectivity index (χ1n) is 13.4. The first-order chi connectivity index (χ1) is 19.3. The molecular weight excluding hydrogens is 476 g/mol. The van der Waals surface area contributed by atoms with Gasteiger partial charge < -0.3 is 15.1 Å². The van der Waals surface area contributed by atoms with E-state index in [-0.39, 0.29) is 0 Å². The zero-order valence-electron chi connectivity index (χ0n) is 21.5. The fourth-order valence-electron chi connectivity index (χ4n) is 5.46. The van der Waals surface area contributed by atoms with Crippen LogP contribution in [0.1, 0.15) is 11.1 Å². The van der Waals surface area contributed by atoms with E-state index in [1.807, 2.05) is 12.1 Å². The highest BCUT2D eigenvalue weighted by molar-refractivity contribution is 6.27. The lowest BCUT2D eigenvalue weighted by Crippen LogP contribution is -2.12. The first kappa shape index (κ1) is 23.3. The smallest absolute Gasteiger partial charge is 0.145 e. The summed E-state index contributed by atoms with van der Waals surface area (Å²) in [7, 11) is 0. The molecule has 1 heterocycles. The molecule has 2 N–H and O–H groups in total. The van der Waals surface area contributed by atoms with Gasteiger partial charge in [0.25, 0.3) is 0 Å². The van der Waals surface area contributed by atoms with Crippen molar-refractivity contribution < 1.29 is 4.42 Å². The third kappa shape index (κ3) is 4.43. The highest BCUT2D eigenvalue weighted by Gasteiger charge is 2.21. The van der Waals surface area contributed by atoms with E-state index >= 15 is 0 Å².